The third-order valence-corrected chi connectivity index (χ3v) is 6.91. The summed E-state index contributed by atoms with van der Waals surface area (Å²) in [5.41, 5.74) is 1.97. The van der Waals surface area contributed by atoms with Crippen molar-refractivity contribution in [3.63, 3.8) is 0 Å². The Morgan fingerprint density at radius 1 is 1.03 bits per heavy atom. The Labute approximate surface area is 207 Å². The first kappa shape index (κ1) is 24.9. The van der Waals surface area contributed by atoms with Crippen LogP contribution in [-0.2, 0) is 22.6 Å². The molecule has 1 N–H and O–H groups in total. The number of methoxy groups -OCH3 is 1. The zero-order valence-corrected chi connectivity index (χ0v) is 20.8. The zero-order valence-electron chi connectivity index (χ0n) is 20.8. The summed E-state index contributed by atoms with van der Waals surface area (Å²) < 4.78 is 16.1. The van der Waals surface area contributed by atoms with Gasteiger partial charge >= 0.3 is 0 Å². The van der Waals surface area contributed by atoms with E-state index in [1.807, 2.05) is 49.4 Å². The summed E-state index contributed by atoms with van der Waals surface area (Å²) in [5.74, 6) is 2.11. The van der Waals surface area contributed by atoms with Crippen molar-refractivity contribution in [1.29, 1.82) is 0 Å². The van der Waals surface area contributed by atoms with Crippen molar-refractivity contribution in [2.75, 3.05) is 13.9 Å². The first-order chi connectivity index (χ1) is 17.1. The van der Waals surface area contributed by atoms with Gasteiger partial charge in [0, 0.05) is 19.0 Å². The molecule has 188 valence electrons. The molecule has 0 aromatic heterocycles. The zero-order chi connectivity index (χ0) is 24.6. The Morgan fingerprint density at radius 3 is 2.46 bits per heavy atom. The van der Waals surface area contributed by atoms with Crippen LogP contribution in [0, 0.1) is 0 Å². The molecule has 1 saturated carbocycles. The van der Waals surface area contributed by atoms with E-state index in [1.165, 1.54) is 6.42 Å². The minimum absolute atomic E-state index is 0.0378. The number of carbonyl (C=O) groups is 2. The van der Waals surface area contributed by atoms with Crippen molar-refractivity contribution >= 4 is 11.8 Å². The Morgan fingerprint density at radius 2 is 1.74 bits per heavy atom. The molecule has 0 spiro atoms. The molecular formula is C28H36N2O5. The van der Waals surface area contributed by atoms with Crippen LogP contribution in [-0.4, -0.2) is 42.7 Å². The average molecular weight is 481 g/mol. The lowest BCUT2D eigenvalue weighted by molar-refractivity contribution is -0.141. The lowest BCUT2D eigenvalue weighted by atomic mass is 9.95. The first-order valence-corrected chi connectivity index (χ1v) is 12.7. The van der Waals surface area contributed by atoms with Gasteiger partial charge in [0.1, 0.15) is 11.8 Å². The van der Waals surface area contributed by atoms with E-state index in [4.69, 9.17) is 14.2 Å². The molecule has 2 aromatic carbocycles. The van der Waals surface area contributed by atoms with Crippen molar-refractivity contribution in [1.82, 2.24) is 10.2 Å². The van der Waals surface area contributed by atoms with E-state index in [2.05, 4.69) is 5.32 Å². The van der Waals surface area contributed by atoms with Gasteiger partial charge in [-0.25, -0.2) is 0 Å². The molecule has 2 aromatic rings. The van der Waals surface area contributed by atoms with Crippen LogP contribution in [0.25, 0.3) is 0 Å². The number of amides is 2. The highest BCUT2D eigenvalue weighted by Gasteiger charge is 2.30. The van der Waals surface area contributed by atoms with Crippen molar-refractivity contribution < 1.29 is 23.8 Å². The maximum Gasteiger partial charge on any atom is 0.243 e. The Bertz CT molecular complexity index is 1000. The van der Waals surface area contributed by atoms with E-state index in [-0.39, 0.29) is 24.6 Å². The second kappa shape index (κ2) is 12.0. The van der Waals surface area contributed by atoms with E-state index < -0.39 is 6.04 Å². The fraction of sp³-hybridized carbons (Fsp3) is 0.500. The van der Waals surface area contributed by atoms with Crippen LogP contribution < -0.4 is 19.5 Å². The summed E-state index contributed by atoms with van der Waals surface area (Å²) >= 11 is 0. The molecule has 1 atom stereocenters. The number of aryl methyl sites for hydroxylation is 1. The predicted octanol–water partition coefficient (Wildman–Crippen LogP) is 4.61. The maximum absolute atomic E-state index is 13.5. The maximum atomic E-state index is 13.5. The fourth-order valence-corrected chi connectivity index (χ4v) is 4.88. The van der Waals surface area contributed by atoms with Crippen LogP contribution in [0.3, 0.4) is 0 Å². The summed E-state index contributed by atoms with van der Waals surface area (Å²) in [6.07, 6.45) is 6.98. The third-order valence-electron chi connectivity index (χ3n) is 6.91. The summed E-state index contributed by atoms with van der Waals surface area (Å²) in [4.78, 5) is 28.6. The molecule has 1 fully saturated rings. The summed E-state index contributed by atoms with van der Waals surface area (Å²) in [7, 11) is 1.63. The number of nitrogens with zero attached hydrogens (tertiary/aromatic N) is 1. The fourth-order valence-electron chi connectivity index (χ4n) is 4.88. The minimum atomic E-state index is -0.511. The summed E-state index contributed by atoms with van der Waals surface area (Å²) in [5, 5.41) is 3.23. The van der Waals surface area contributed by atoms with Crippen LogP contribution in [0.1, 0.15) is 63.0 Å². The van der Waals surface area contributed by atoms with Gasteiger partial charge in [0.2, 0.25) is 18.6 Å². The number of hydrogen-bond acceptors (Lipinski definition) is 5. The van der Waals surface area contributed by atoms with Crippen molar-refractivity contribution in [2.24, 2.45) is 0 Å². The molecule has 1 heterocycles. The predicted molar refractivity (Wildman–Crippen MR) is 134 cm³/mol. The molecule has 1 aliphatic heterocycles. The molecular weight excluding hydrogens is 444 g/mol. The molecule has 35 heavy (non-hydrogen) atoms. The molecule has 2 aliphatic rings. The van der Waals surface area contributed by atoms with Gasteiger partial charge in [-0.15, -0.1) is 0 Å². The molecule has 0 saturated heterocycles. The molecule has 7 heteroatoms. The van der Waals surface area contributed by atoms with Gasteiger partial charge in [0.25, 0.3) is 0 Å². The Balaban J connectivity index is 1.48. The van der Waals surface area contributed by atoms with E-state index in [0.29, 0.717) is 31.6 Å². The van der Waals surface area contributed by atoms with Crippen molar-refractivity contribution in [3.05, 3.63) is 53.6 Å². The monoisotopic (exact) mass is 480 g/mol. The summed E-state index contributed by atoms with van der Waals surface area (Å²) in [6.45, 7) is 2.57. The lowest BCUT2D eigenvalue weighted by Crippen LogP contribution is -2.51. The second-order valence-corrected chi connectivity index (χ2v) is 9.32. The molecule has 1 aliphatic carbocycles. The number of rotatable bonds is 10. The second-order valence-electron chi connectivity index (χ2n) is 9.32. The highest BCUT2D eigenvalue weighted by atomic mass is 16.7. The molecule has 2 amide bonds. The SMILES string of the molecule is CCC(C(=O)NC1CCCCC1)N(Cc1ccc(OC)cc1)C(=O)CCc1ccc2c(c1)OCO2. The van der Waals surface area contributed by atoms with E-state index in [0.717, 1.165) is 48.3 Å². The number of fused-ring (bicyclic) bond motifs is 1. The lowest BCUT2D eigenvalue weighted by Gasteiger charge is -2.33. The van der Waals surface area contributed by atoms with Gasteiger partial charge in [-0.1, -0.05) is 44.4 Å². The number of hydrogen-bond donors (Lipinski definition) is 1. The Kier molecular flexibility index (Phi) is 8.50. The number of benzene rings is 2. The standard InChI is InChI=1S/C28H36N2O5/c1-3-24(28(32)29-22-7-5-4-6-8-22)30(18-21-9-13-23(33-2)14-10-21)27(31)16-12-20-11-15-25-26(17-20)35-19-34-25/h9-11,13-15,17,22,24H,3-8,12,16,18-19H2,1-2H3,(H,29,32). The van der Waals surface area contributed by atoms with E-state index in [1.54, 1.807) is 12.0 Å². The van der Waals surface area contributed by atoms with Gasteiger partial charge in [0.05, 0.1) is 7.11 Å². The third kappa shape index (κ3) is 6.47. The topological polar surface area (TPSA) is 77.1 Å². The van der Waals surface area contributed by atoms with Gasteiger partial charge < -0.3 is 24.4 Å². The quantitative estimate of drug-likeness (QED) is 0.537. The van der Waals surface area contributed by atoms with Crippen LogP contribution in [0.2, 0.25) is 0 Å². The average Bonchev–Trinajstić information content (AvgIpc) is 3.36. The van der Waals surface area contributed by atoms with E-state index in [9.17, 15) is 9.59 Å². The van der Waals surface area contributed by atoms with Gasteiger partial charge in [-0.3, -0.25) is 9.59 Å². The highest BCUT2D eigenvalue weighted by Crippen LogP contribution is 2.33. The molecule has 0 radical (unpaired) electrons. The van der Waals surface area contributed by atoms with Crippen molar-refractivity contribution in [3.8, 4) is 17.2 Å². The molecule has 0 bridgehead atoms. The van der Waals surface area contributed by atoms with Gasteiger partial charge in [-0.2, -0.15) is 0 Å². The molecule has 7 nitrogen and oxygen atoms in total. The smallest absolute Gasteiger partial charge is 0.243 e. The van der Waals surface area contributed by atoms with Crippen LogP contribution in [0.4, 0.5) is 0 Å². The molecule has 1 unspecified atom stereocenters. The Hall–Kier alpha value is -3.22. The van der Waals surface area contributed by atoms with E-state index >= 15 is 0 Å². The largest absolute Gasteiger partial charge is 0.497 e. The van der Waals surface area contributed by atoms with Gasteiger partial charge in [-0.05, 0) is 61.1 Å². The highest BCUT2D eigenvalue weighted by molar-refractivity contribution is 5.88. The number of ether oxygens (including phenoxy) is 3. The van der Waals surface area contributed by atoms with Crippen LogP contribution in [0.15, 0.2) is 42.5 Å². The number of nitrogens with one attached hydrogen (secondary N) is 1. The van der Waals surface area contributed by atoms with Crippen LogP contribution in [0.5, 0.6) is 17.2 Å². The van der Waals surface area contributed by atoms with Gasteiger partial charge in [0.15, 0.2) is 11.5 Å². The minimum Gasteiger partial charge on any atom is -0.497 e. The first-order valence-electron chi connectivity index (χ1n) is 12.7. The normalized spacial score (nSPS) is 15.9. The van der Waals surface area contributed by atoms with Crippen LogP contribution >= 0.6 is 0 Å². The number of carbonyl (C=O) groups excluding carboxylic acids is 2. The summed E-state index contributed by atoms with van der Waals surface area (Å²) in [6, 6.07) is 13.1. The molecule has 4 rings (SSSR count). The van der Waals surface area contributed by atoms with Crippen molar-refractivity contribution in [2.45, 2.75) is 76.9 Å².